The van der Waals surface area contributed by atoms with Crippen molar-refractivity contribution >= 4 is 11.3 Å². The minimum Gasteiger partial charge on any atom is -0.330 e. The quantitative estimate of drug-likeness (QED) is 0.901. The Bertz CT molecular complexity index is 429. The van der Waals surface area contributed by atoms with Gasteiger partial charge in [0, 0.05) is 10.9 Å². The Labute approximate surface area is 127 Å². The molecule has 2 rings (SSSR count). The van der Waals surface area contributed by atoms with Crippen molar-refractivity contribution in [3.63, 3.8) is 0 Å². The second-order valence-corrected chi connectivity index (χ2v) is 7.44. The molecule has 0 spiro atoms. The van der Waals surface area contributed by atoms with Crippen molar-refractivity contribution in [3.8, 4) is 0 Å². The molecule has 3 unspecified atom stereocenters. The summed E-state index contributed by atoms with van der Waals surface area (Å²) >= 11 is 1.82. The Balaban J connectivity index is 2.20. The maximum absolute atomic E-state index is 6.02. The van der Waals surface area contributed by atoms with E-state index in [4.69, 9.17) is 10.7 Å². The first kappa shape index (κ1) is 15.9. The molecule has 20 heavy (non-hydrogen) atoms. The molecule has 1 aromatic heterocycles. The van der Waals surface area contributed by atoms with Crippen LogP contribution in [-0.4, -0.2) is 29.0 Å². The number of hydrogen-bond donors (Lipinski definition) is 1. The summed E-state index contributed by atoms with van der Waals surface area (Å²) in [5, 5.41) is 1.18. The highest BCUT2D eigenvalue weighted by Crippen LogP contribution is 2.34. The van der Waals surface area contributed by atoms with E-state index in [1.54, 1.807) is 0 Å². The minimum absolute atomic E-state index is 0.405. The van der Waals surface area contributed by atoms with Crippen LogP contribution in [-0.2, 0) is 0 Å². The van der Waals surface area contributed by atoms with Gasteiger partial charge in [-0.1, -0.05) is 19.8 Å². The lowest BCUT2D eigenvalue weighted by Gasteiger charge is -2.42. The van der Waals surface area contributed by atoms with Crippen LogP contribution >= 0.6 is 11.3 Å². The van der Waals surface area contributed by atoms with E-state index in [1.165, 1.54) is 41.3 Å². The zero-order valence-corrected chi connectivity index (χ0v) is 14.2. The monoisotopic (exact) mass is 295 g/mol. The summed E-state index contributed by atoms with van der Waals surface area (Å²) < 4.78 is 0. The van der Waals surface area contributed by atoms with E-state index in [9.17, 15) is 0 Å². The molecule has 0 bridgehead atoms. The van der Waals surface area contributed by atoms with Gasteiger partial charge in [0.15, 0.2) is 0 Å². The van der Waals surface area contributed by atoms with E-state index >= 15 is 0 Å². The van der Waals surface area contributed by atoms with Gasteiger partial charge in [-0.2, -0.15) is 0 Å². The summed E-state index contributed by atoms with van der Waals surface area (Å²) in [5.74, 6) is 0.659. The molecule has 0 saturated heterocycles. The molecule has 114 valence electrons. The van der Waals surface area contributed by atoms with Crippen molar-refractivity contribution in [1.82, 2.24) is 9.88 Å². The molecule has 3 atom stereocenters. The lowest BCUT2D eigenvalue weighted by molar-refractivity contribution is 0.0753. The standard InChI is InChI=1S/C16H29N3S/c1-5-19(15-9-7-6-8-14(15)10-17)11(2)16-12(3)20-13(4)18-16/h11,14-15H,5-10,17H2,1-4H3. The third-order valence-electron chi connectivity index (χ3n) is 4.80. The van der Waals surface area contributed by atoms with E-state index in [1.807, 2.05) is 11.3 Å². The van der Waals surface area contributed by atoms with Crippen molar-refractivity contribution in [1.29, 1.82) is 0 Å². The maximum Gasteiger partial charge on any atom is 0.0900 e. The predicted molar refractivity (Wildman–Crippen MR) is 87.2 cm³/mol. The van der Waals surface area contributed by atoms with Crippen LogP contribution in [0.15, 0.2) is 0 Å². The highest BCUT2D eigenvalue weighted by atomic mass is 32.1. The first-order valence-corrected chi connectivity index (χ1v) is 8.79. The van der Waals surface area contributed by atoms with Crippen molar-refractivity contribution in [2.45, 2.75) is 65.5 Å². The van der Waals surface area contributed by atoms with Gasteiger partial charge in [0.1, 0.15) is 0 Å². The maximum atomic E-state index is 6.02. The minimum atomic E-state index is 0.405. The van der Waals surface area contributed by atoms with Crippen LogP contribution in [0.1, 0.15) is 61.2 Å². The van der Waals surface area contributed by atoms with Crippen LogP contribution in [0.25, 0.3) is 0 Å². The summed E-state index contributed by atoms with van der Waals surface area (Å²) in [5.41, 5.74) is 7.29. The lowest BCUT2D eigenvalue weighted by Crippen LogP contribution is -2.46. The first-order chi connectivity index (χ1) is 9.58. The van der Waals surface area contributed by atoms with E-state index in [2.05, 4.69) is 32.6 Å². The van der Waals surface area contributed by atoms with Crippen molar-refractivity contribution in [2.24, 2.45) is 11.7 Å². The van der Waals surface area contributed by atoms with Crippen molar-refractivity contribution in [2.75, 3.05) is 13.1 Å². The van der Waals surface area contributed by atoms with E-state index < -0.39 is 0 Å². The van der Waals surface area contributed by atoms with Gasteiger partial charge in [0.25, 0.3) is 0 Å². The average Bonchev–Trinajstić information content (AvgIpc) is 2.79. The fourth-order valence-electron chi connectivity index (χ4n) is 3.78. The Hall–Kier alpha value is -0.450. The molecule has 0 amide bonds. The zero-order chi connectivity index (χ0) is 14.7. The first-order valence-electron chi connectivity index (χ1n) is 7.98. The van der Waals surface area contributed by atoms with Gasteiger partial charge in [-0.25, -0.2) is 4.98 Å². The number of nitrogens with two attached hydrogens (primary N) is 1. The second kappa shape index (κ2) is 7.01. The highest BCUT2D eigenvalue weighted by Gasteiger charge is 2.32. The Morgan fingerprint density at radius 3 is 2.60 bits per heavy atom. The summed E-state index contributed by atoms with van der Waals surface area (Å²) in [6.07, 6.45) is 5.28. The fraction of sp³-hybridized carbons (Fsp3) is 0.812. The molecule has 0 aliphatic heterocycles. The van der Waals surface area contributed by atoms with Gasteiger partial charge >= 0.3 is 0 Å². The van der Waals surface area contributed by atoms with Gasteiger partial charge in [0.05, 0.1) is 16.7 Å². The molecule has 3 nitrogen and oxygen atoms in total. The molecule has 1 aromatic rings. The zero-order valence-electron chi connectivity index (χ0n) is 13.4. The number of thiazole rings is 1. The highest BCUT2D eigenvalue weighted by molar-refractivity contribution is 7.11. The van der Waals surface area contributed by atoms with Crippen molar-refractivity contribution < 1.29 is 0 Å². The number of hydrogen-bond acceptors (Lipinski definition) is 4. The largest absolute Gasteiger partial charge is 0.330 e. The summed E-state index contributed by atoms with van der Waals surface area (Å²) in [7, 11) is 0. The number of aromatic nitrogens is 1. The van der Waals surface area contributed by atoms with E-state index in [0.717, 1.165) is 13.1 Å². The molecule has 1 aliphatic rings. The second-order valence-electron chi connectivity index (χ2n) is 6.03. The molecule has 0 aromatic carbocycles. The molecule has 0 radical (unpaired) electrons. The molecular formula is C16H29N3S. The third-order valence-corrected chi connectivity index (χ3v) is 5.70. The van der Waals surface area contributed by atoms with Gasteiger partial charge < -0.3 is 5.73 Å². The van der Waals surface area contributed by atoms with Crippen LogP contribution in [0.2, 0.25) is 0 Å². The van der Waals surface area contributed by atoms with E-state index in [-0.39, 0.29) is 0 Å². The SMILES string of the molecule is CCN(C(C)c1nc(C)sc1C)C1CCCCC1CN. The predicted octanol–water partition coefficient (Wildman–Crippen LogP) is 3.66. The number of nitrogens with zero attached hydrogens (tertiary/aromatic N) is 2. The topological polar surface area (TPSA) is 42.2 Å². The molecule has 1 aliphatic carbocycles. The van der Waals surface area contributed by atoms with Gasteiger partial charge in [-0.15, -0.1) is 11.3 Å². The summed E-state index contributed by atoms with van der Waals surface area (Å²) in [6.45, 7) is 10.8. The summed E-state index contributed by atoms with van der Waals surface area (Å²) in [4.78, 5) is 8.78. The van der Waals surface area contributed by atoms with Crippen LogP contribution in [0, 0.1) is 19.8 Å². The fourth-order valence-corrected chi connectivity index (χ4v) is 4.69. The van der Waals surface area contributed by atoms with Gasteiger partial charge in [-0.3, -0.25) is 4.90 Å². The molecule has 1 saturated carbocycles. The Morgan fingerprint density at radius 2 is 2.05 bits per heavy atom. The molecule has 1 heterocycles. The number of aryl methyl sites for hydroxylation is 2. The Kier molecular flexibility index (Phi) is 5.58. The van der Waals surface area contributed by atoms with Gasteiger partial charge in [0.2, 0.25) is 0 Å². The third kappa shape index (κ3) is 3.23. The van der Waals surface area contributed by atoms with Crippen molar-refractivity contribution in [3.05, 3.63) is 15.6 Å². The normalized spacial score (nSPS) is 25.1. The van der Waals surface area contributed by atoms with E-state index in [0.29, 0.717) is 18.0 Å². The van der Waals surface area contributed by atoms with Crippen LogP contribution in [0.5, 0.6) is 0 Å². The lowest BCUT2D eigenvalue weighted by atomic mass is 9.83. The van der Waals surface area contributed by atoms with Crippen LogP contribution in [0.3, 0.4) is 0 Å². The molecule has 4 heteroatoms. The van der Waals surface area contributed by atoms with Gasteiger partial charge in [-0.05, 0) is 52.6 Å². The van der Waals surface area contributed by atoms with Crippen LogP contribution < -0.4 is 5.73 Å². The van der Waals surface area contributed by atoms with Crippen LogP contribution in [0.4, 0.5) is 0 Å². The molecule has 2 N–H and O–H groups in total. The number of rotatable bonds is 5. The summed E-state index contributed by atoms with van der Waals surface area (Å²) in [6, 6.07) is 1.04. The smallest absolute Gasteiger partial charge is 0.0900 e. The molecule has 1 fully saturated rings. The molecular weight excluding hydrogens is 266 g/mol. The average molecular weight is 295 g/mol. The Morgan fingerprint density at radius 1 is 1.35 bits per heavy atom.